The summed E-state index contributed by atoms with van der Waals surface area (Å²) < 4.78 is 13.2. The van der Waals surface area contributed by atoms with Gasteiger partial charge in [-0.25, -0.2) is 0 Å². The van der Waals surface area contributed by atoms with Gasteiger partial charge in [0.25, 0.3) is 0 Å². The average Bonchev–Trinajstić information content (AvgIpc) is 3.93. The molecule has 284 valence electrons. The van der Waals surface area contributed by atoms with E-state index in [1.54, 1.807) is 0 Å². The molecule has 3 heteroatoms. The largest absolute Gasteiger partial charge is 0.456 e. The first kappa shape index (κ1) is 34.4. The molecule has 11 aromatic rings. The highest BCUT2D eigenvalue weighted by Crippen LogP contribution is 2.51. The summed E-state index contributed by atoms with van der Waals surface area (Å²) in [4.78, 5) is 2.39. The van der Waals surface area contributed by atoms with Gasteiger partial charge < -0.3 is 13.7 Å². The number of benzene rings is 9. The van der Waals surface area contributed by atoms with Gasteiger partial charge in [-0.3, -0.25) is 0 Å². The molecule has 2 heterocycles. The third kappa shape index (κ3) is 5.36. The minimum absolute atomic E-state index is 0.140. The smallest absolute Gasteiger partial charge is 0.136 e. The number of fused-ring (bicyclic) bond motifs is 9. The Morgan fingerprint density at radius 3 is 1.70 bits per heavy atom. The average molecular weight is 770 g/mol. The zero-order chi connectivity index (χ0) is 40.0. The van der Waals surface area contributed by atoms with Gasteiger partial charge in [0, 0.05) is 44.0 Å². The van der Waals surface area contributed by atoms with Crippen LogP contribution in [0.4, 0.5) is 17.1 Å². The first-order valence-electron chi connectivity index (χ1n) is 20.7. The maximum atomic E-state index is 6.65. The SMILES string of the molecule is CC1(C)c2ccccc2-c2ccc(N(c3cccc(-c4ccc(-c5ccccc5)cc4)c3)c3ccc4oc5cc6c(cc5c4c3)oc3cccc(-c4ccccc4)c36)cc21. The predicted octanol–water partition coefficient (Wildman–Crippen LogP) is 16.3. The second-order valence-corrected chi connectivity index (χ2v) is 16.5. The Hall–Kier alpha value is -7.62. The van der Waals surface area contributed by atoms with Crippen molar-refractivity contribution in [1.82, 2.24) is 0 Å². The van der Waals surface area contributed by atoms with E-state index in [0.717, 1.165) is 77.6 Å². The van der Waals surface area contributed by atoms with Crippen molar-refractivity contribution in [3.8, 4) is 44.5 Å². The normalized spacial score (nSPS) is 13.0. The molecule has 0 unspecified atom stereocenters. The highest BCUT2D eigenvalue weighted by atomic mass is 16.3. The Labute approximate surface area is 348 Å². The predicted molar refractivity (Wildman–Crippen MR) is 250 cm³/mol. The molecule has 0 N–H and O–H groups in total. The van der Waals surface area contributed by atoms with Crippen molar-refractivity contribution in [1.29, 1.82) is 0 Å². The van der Waals surface area contributed by atoms with Gasteiger partial charge in [-0.1, -0.05) is 153 Å². The quantitative estimate of drug-likeness (QED) is 0.169. The highest BCUT2D eigenvalue weighted by molar-refractivity contribution is 6.18. The van der Waals surface area contributed by atoms with Gasteiger partial charge in [0.15, 0.2) is 0 Å². The molecular formula is C57H39NO2. The van der Waals surface area contributed by atoms with E-state index in [0.29, 0.717) is 0 Å². The summed E-state index contributed by atoms with van der Waals surface area (Å²) in [7, 11) is 0. The van der Waals surface area contributed by atoms with Gasteiger partial charge in [-0.15, -0.1) is 0 Å². The fourth-order valence-corrected chi connectivity index (χ4v) is 9.67. The van der Waals surface area contributed by atoms with E-state index in [2.05, 4.69) is 219 Å². The van der Waals surface area contributed by atoms with E-state index in [1.165, 1.54) is 38.9 Å². The van der Waals surface area contributed by atoms with Crippen LogP contribution in [0.25, 0.3) is 88.4 Å². The lowest BCUT2D eigenvalue weighted by Gasteiger charge is -2.28. The molecule has 0 aliphatic heterocycles. The summed E-state index contributed by atoms with van der Waals surface area (Å²) in [6.45, 7) is 4.69. The van der Waals surface area contributed by atoms with Gasteiger partial charge in [0.1, 0.15) is 22.3 Å². The van der Waals surface area contributed by atoms with E-state index in [1.807, 2.05) is 0 Å². The lowest BCUT2D eigenvalue weighted by atomic mass is 9.82. The lowest BCUT2D eigenvalue weighted by Crippen LogP contribution is -2.16. The Kier molecular flexibility index (Phi) is 7.58. The monoisotopic (exact) mass is 769 g/mol. The maximum Gasteiger partial charge on any atom is 0.136 e. The Morgan fingerprint density at radius 2 is 0.883 bits per heavy atom. The van der Waals surface area contributed by atoms with Crippen molar-refractivity contribution in [2.45, 2.75) is 19.3 Å². The van der Waals surface area contributed by atoms with Crippen molar-refractivity contribution in [3.63, 3.8) is 0 Å². The van der Waals surface area contributed by atoms with Gasteiger partial charge >= 0.3 is 0 Å². The summed E-state index contributed by atoms with van der Waals surface area (Å²) in [6.07, 6.45) is 0. The van der Waals surface area contributed by atoms with Gasteiger partial charge in [0.2, 0.25) is 0 Å². The standard InChI is InChI=1S/C57H39NO2/c1-57(2)50-21-10-9-19-45(50)46-29-27-43(33-51(46)57)58(41-18-11-17-40(31-41)38-25-23-37(24-26-38)36-13-5-3-6-14-36)42-28-30-52-47(32-42)48-34-55-49(35-54(48)59-52)56-44(20-12-22-53(56)60-55)39-15-7-4-8-16-39/h3-35H,1-2H3. The van der Waals surface area contributed by atoms with Crippen LogP contribution in [0.3, 0.4) is 0 Å². The molecule has 0 bridgehead atoms. The van der Waals surface area contributed by atoms with E-state index < -0.39 is 0 Å². The number of hydrogen-bond acceptors (Lipinski definition) is 3. The first-order chi connectivity index (χ1) is 29.5. The molecule has 0 atom stereocenters. The molecular weight excluding hydrogens is 731 g/mol. The van der Waals surface area contributed by atoms with Crippen molar-refractivity contribution >= 4 is 60.9 Å². The molecule has 2 aromatic heterocycles. The Morgan fingerprint density at radius 1 is 0.333 bits per heavy atom. The van der Waals surface area contributed by atoms with Crippen molar-refractivity contribution in [2.24, 2.45) is 0 Å². The Balaban J connectivity index is 1.02. The second kappa shape index (κ2) is 13.2. The van der Waals surface area contributed by atoms with Gasteiger partial charge in [-0.2, -0.15) is 0 Å². The molecule has 1 aliphatic rings. The molecule has 12 rings (SSSR count). The fourth-order valence-electron chi connectivity index (χ4n) is 9.67. The van der Waals surface area contributed by atoms with E-state index in [-0.39, 0.29) is 5.41 Å². The van der Waals surface area contributed by atoms with Crippen LogP contribution in [0, 0.1) is 0 Å². The molecule has 0 saturated carbocycles. The van der Waals surface area contributed by atoms with Crippen LogP contribution in [0.1, 0.15) is 25.0 Å². The highest BCUT2D eigenvalue weighted by Gasteiger charge is 2.35. The van der Waals surface area contributed by atoms with Gasteiger partial charge in [-0.05, 0) is 116 Å². The zero-order valence-corrected chi connectivity index (χ0v) is 33.3. The van der Waals surface area contributed by atoms with Crippen LogP contribution in [0.15, 0.2) is 209 Å². The van der Waals surface area contributed by atoms with Gasteiger partial charge in [0.05, 0.1) is 0 Å². The minimum atomic E-state index is -0.140. The summed E-state index contributed by atoms with van der Waals surface area (Å²) >= 11 is 0. The van der Waals surface area contributed by atoms with Crippen molar-refractivity contribution < 1.29 is 8.83 Å². The first-order valence-corrected chi connectivity index (χ1v) is 20.7. The van der Waals surface area contributed by atoms with E-state index >= 15 is 0 Å². The fraction of sp³-hybridized carbons (Fsp3) is 0.0526. The number of furan rings is 2. The van der Waals surface area contributed by atoms with Crippen LogP contribution < -0.4 is 4.90 Å². The minimum Gasteiger partial charge on any atom is -0.456 e. The molecule has 0 spiro atoms. The van der Waals surface area contributed by atoms with Crippen LogP contribution in [0.5, 0.6) is 0 Å². The van der Waals surface area contributed by atoms with Crippen LogP contribution in [0.2, 0.25) is 0 Å². The number of anilines is 3. The molecule has 9 aromatic carbocycles. The molecule has 0 amide bonds. The van der Waals surface area contributed by atoms with Crippen LogP contribution in [-0.4, -0.2) is 0 Å². The summed E-state index contributed by atoms with van der Waals surface area (Å²) in [5, 5.41) is 4.22. The molecule has 3 nitrogen and oxygen atoms in total. The van der Waals surface area contributed by atoms with Crippen molar-refractivity contribution in [3.05, 3.63) is 211 Å². The molecule has 60 heavy (non-hydrogen) atoms. The second-order valence-electron chi connectivity index (χ2n) is 16.5. The molecule has 0 saturated heterocycles. The Bertz CT molecular complexity index is 3450. The molecule has 1 aliphatic carbocycles. The topological polar surface area (TPSA) is 29.5 Å². The number of hydrogen-bond donors (Lipinski definition) is 0. The van der Waals surface area contributed by atoms with E-state index in [9.17, 15) is 0 Å². The van der Waals surface area contributed by atoms with E-state index in [4.69, 9.17) is 8.83 Å². The van der Waals surface area contributed by atoms with Crippen LogP contribution >= 0.6 is 0 Å². The van der Waals surface area contributed by atoms with Crippen molar-refractivity contribution in [2.75, 3.05) is 4.90 Å². The summed E-state index contributed by atoms with van der Waals surface area (Å²) in [6, 6.07) is 71.9. The molecule has 0 radical (unpaired) electrons. The summed E-state index contributed by atoms with van der Waals surface area (Å²) in [5.74, 6) is 0. The number of rotatable bonds is 6. The molecule has 0 fully saturated rings. The van der Waals surface area contributed by atoms with Crippen LogP contribution in [-0.2, 0) is 5.41 Å². The lowest BCUT2D eigenvalue weighted by molar-refractivity contribution is 0.660. The third-order valence-corrected chi connectivity index (χ3v) is 12.7. The number of nitrogens with zero attached hydrogens (tertiary/aromatic N) is 1. The third-order valence-electron chi connectivity index (χ3n) is 12.7. The zero-order valence-electron chi connectivity index (χ0n) is 33.3. The maximum absolute atomic E-state index is 6.65. The summed E-state index contributed by atoms with van der Waals surface area (Å²) in [5.41, 5.74) is 18.8.